The summed E-state index contributed by atoms with van der Waals surface area (Å²) in [5.74, 6) is 0. The van der Waals surface area contributed by atoms with Crippen molar-refractivity contribution in [3.63, 3.8) is 0 Å². The van der Waals surface area contributed by atoms with Gasteiger partial charge in [0.25, 0.3) is 0 Å². The van der Waals surface area contributed by atoms with E-state index >= 15 is 0 Å². The van der Waals surface area contributed by atoms with Crippen LogP contribution in [0.15, 0.2) is 24.3 Å². The van der Waals surface area contributed by atoms with Crippen molar-refractivity contribution < 1.29 is 21.6 Å². The minimum atomic E-state index is -4.27. The summed E-state index contributed by atoms with van der Waals surface area (Å²) in [5, 5.41) is 0. The fourth-order valence-electron chi connectivity index (χ4n) is 1.10. The quantitative estimate of drug-likeness (QED) is 0.508. The molecule has 1 aromatic carbocycles. The Bertz CT molecular complexity index is 481. The second-order valence-corrected chi connectivity index (χ2v) is 8.12. The Kier molecular flexibility index (Phi) is 6.99. The molecule has 0 amide bonds. The van der Waals surface area contributed by atoms with Gasteiger partial charge in [-0.3, -0.25) is 0 Å². The molecule has 1 aromatic rings. The Morgan fingerprint density at radius 1 is 1.22 bits per heavy atom. The third kappa shape index (κ3) is 8.18. The van der Waals surface area contributed by atoms with Crippen LogP contribution >= 0.6 is 37.3 Å². The van der Waals surface area contributed by atoms with E-state index in [1.54, 1.807) is 13.0 Å². The van der Waals surface area contributed by atoms with Crippen LogP contribution in [0, 0.1) is 0 Å². The first-order valence-electron chi connectivity index (χ1n) is 4.37. The molecule has 0 aliphatic rings. The van der Waals surface area contributed by atoms with Crippen molar-refractivity contribution in [3.05, 3.63) is 35.4 Å². The summed E-state index contributed by atoms with van der Waals surface area (Å²) in [4.78, 5) is -0.287. The summed E-state index contributed by atoms with van der Waals surface area (Å²) in [6.45, 7) is 1.67. The molecule has 0 heterocycles. The van der Waals surface area contributed by atoms with Crippen LogP contribution in [0.5, 0.6) is 0 Å². The van der Waals surface area contributed by atoms with Gasteiger partial charge < -0.3 is 0 Å². The van der Waals surface area contributed by atoms with Gasteiger partial charge in [-0.25, -0.2) is 0 Å². The number of benzene rings is 1. The zero-order chi connectivity index (χ0) is 14.6. The zero-order valence-corrected chi connectivity index (χ0v) is 12.8. The predicted octanol–water partition coefficient (Wildman–Crippen LogP) is 4.87. The van der Waals surface area contributed by atoms with E-state index in [9.17, 15) is 13.2 Å². The Morgan fingerprint density at radius 2 is 1.61 bits per heavy atom. The Labute approximate surface area is 120 Å². The van der Waals surface area contributed by atoms with Crippen molar-refractivity contribution in [2.24, 2.45) is 0 Å². The van der Waals surface area contributed by atoms with Crippen LogP contribution in [0.25, 0.3) is 0 Å². The average molecular weight is 388 g/mol. The highest BCUT2D eigenvalue weighted by atomic mass is 79.9. The minimum absolute atomic E-state index is 0.273. The fraction of sp³-hybridized carbons (Fsp3) is 0.333. The number of hydrogen-bond acceptors (Lipinski definition) is 2. The molecular weight excluding hydrogens is 380 g/mol. The molecule has 0 aliphatic heterocycles. The third-order valence-electron chi connectivity index (χ3n) is 1.69. The van der Waals surface area contributed by atoms with Crippen molar-refractivity contribution in [3.8, 4) is 0 Å². The Hall–Kier alpha value is 0.0200. The molecule has 0 spiro atoms. The fourth-order valence-corrected chi connectivity index (χ4v) is 1.50. The third-order valence-corrected chi connectivity index (χ3v) is 2.19. The predicted molar refractivity (Wildman–Crippen MR) is 69.4 cm³/mol. The van der Waals surface area contributed by atoms with Gasteiger partial charge in [0, 0.05) is 26.2 Å². The van der Waals surface area contributed by atoms with Gasteiger partial charge in [-0.05, 0) is 18.6 Å². The highest BCUT2D eigenvalue weighted by molar-refractivity contribution is 9.09. The van der Waals surface area contributed by atoms with E-state index in [4.69, 9.17) is 8.42 Å². The van der Waals surface area contributed by atoms with Crippen LogP contribution in [0.3, 0.4) is 0 Å². The number of hydrogen-bond donors (Lipinski definition) is 0. The first-order chi connectivity index (χ1) is 7.93. The summed E-state index contributed by atoms with van der Waals surface area (Å²) in [6.07, 6.45) is -4.27. The molecule has 1 rings (SSSR count). The van der Waals surface area contributed by atoms with E-state index < -0.39 is 20.0 Å². The van der Waals surface area contributed by atoms with Crippen molar-refractivity contribution in [2.45, 2.75) is 17.9 Å². The van der Waals surface area contributed by atoms with Crippen molar-refractivity contribution in [1.82, 2.24) is 0 Å². The highest BCUT2D eigenvalue weighted by Crippen LogP contribution is 2.36. The van der Waals surface area contributed by atoms with Gasteiger partial charge >= 0.3 is 14.4 Å². The first kappa shape index (κ1) is 18.0. The van der Waals surface area contributed by atoms with Crippen molar-refractivity contribution in [2.75, 3.05) is 0 Å². The largest absolute Gasteiger partial charge is 0.416 e. The molecule has 0 aromatic heterocycles. The topological polar surface area (TPSA) is 34.1 Å². The average Bonchev–Trinajstić information content (AvgIpc) is 2.13. The van der Waals surface area contributed by atoms with Gasteiger partial charge in [-0.15, -0.1) is 0 Å². The minimum Gasteiger partial charge on any atom is -0.195 e. The molecule has 0 N–H and O–H groups in total. The lowest BCUT2D eigenvalue weighted by Gasteiger charge is -2.13. The second-order valence-electron chi connectivity index (χ2n) is 3.08. The van der Waals surface area contributed by atoms with E-state index in [0.29, 0.717) is 0 Å². The van der Waals surface area contributed by atoms with Crippen LogP contribution in [0.1, 0.15) is 22.9 Å². The molecule has 0 bridgehead atoms. The number of alkyl halides is 4. The van der Waals surface area contributed by atoms with E-state index in [0.717, 1.165) is 6.07 Å². The van der Waals surface area contributed by atoms with Crippen molar-refractivity contribution >= 4 is 45.6 Å². The van der Waals surface area contributed by atoms with E-state index in [2.05, 4.69) is 37.3 Å². The maximum absolute atomic E-state index is 12.4. The van der Waals surface area contributed by atoms with Gasteiger partial charge in [0.1, 0.15) is 0 Å². The maximum Gasteiger partial charge on any atom is 0.416 e. The van der Waals surface area contributed by atoms with Crippen LogP contribution in [0.2, 0.25) is 0 Å². The van der Waals surface area contributed by atoms with Gasteiger partial charge in [0.2, 0.25) is 0 Å². The molecule has 2 nitrogen and oxygen atoms in total. The monoisotopic (exact) mass is 386 g/mol. The van der Waals surface area contributed by atoms with E-state index in [-0.39, 0.29) is 10.4 Å². The Balaban J connectivity index is 0.000000494. The molecule has 1 atom stereocenters. The van der Waals surface area contributed by atoms with Gasteiger partial charge in [0.05, 0.1) is 5.56 Å². The summed E-state index contributed by atoms with van der Waals surface area (Å²) in [5.41, 5.74) is -0.297. The lowest BCUT2D eigenvalue weighted by atomic mass is 10.1. The molecular formula is C9H8BrCl2F3O2S. The smallest absolute Gasteiger partial charge is 0.195 e. The Morgan fingerprint density at radius 3 is 1.89 bits per heavy atom. The number of halogens is 6. The molecule has 0 saturated heterocycles. The van der Waals surface area contributed by atoms with Crippen LogP contribution < -0.4 is 0 Å². The van der Waals surface area contributed by atoms with Crippen LogP contribution in [0.4, 0.5) is 13.2 Å². The summed E-state index contributed by atoms with van der Waals surface area (Å²) < 4.78 is 55.5. The van der Waals surface area contributed by atoms with E-state index in [1.165, 1.54) is 12.1 Å². The molecule has 18 heavy (non-hydrogen) atoms. The second kappa shape index (κ2) is 6.98. The molecule has 104 valence electrons. The standard InChI is InChI=1S/C9H8BrF3.Cl2O2S/c1-6(10)7-4-2-3-5-8(7)9(11,12)13;1-5(2,3)4/h2-6H,1H3;. The van der Waals surface area contributed by atoms with Gasteiger partial charge in [-0.1, -0.05) is 34.1 Å². The van der Waals surface area contributed by atoms with E-state index in [1.807, 2.05) is 0 Å². The van der Waals surface area contributed by atoms with Gasteiger partial charge in [-0.2, -0.15) is 21.6 Å². The summed E-state index contributed by atoms with van der Waals surface area (Å²) in [7, 11) is 4.81. The zero-order valence-electron chi connectivity index (χ0n) is 8.88. The summed E-state index contributed by atoms with van der Waals surface area (Å²) >= 11 is 3.13. The normalized spacial score (nSPS) is 13.5. The molecule has 0 aliphatic carbocycles. The summed E-state index contributed by atoms with van der Waals surface area (Å²) in [6, 6.07) is 5.55. The van der Waals surface area contributed by atoms with Crippen molar-refractivity contribution in [1.29, 1.82) is 0 Å². The highest BCUT2D eigenvalue weighted by Gasteiger charge is 2.33. The molecule has 0 fully saturated rings. The van der Waals surface area contributed by atoms with Gasteiger partial charge in [0.15, 0.2) is 0 Å². The lowest BCUT2D eigenvalue weighted by molar-refractivity contribution is -0.138. The maximum atomic E-state index is 12.4. The molecule has 0 radical (unpaired) electrons. The molecule has 1 unspecified atom stereocenters. The SMILES string of the molecule is CC(Br)c1ccccc1C(F)(F)F.O=S(=O)(Cl)Cl. The van der Waals surface area contributed by atoms with Crippen LogP contribution in [-0.4, -0.2) is 8.42 Å². The number of rotatable bonds is 1. The lowest BCUT2D eigenvalue weighted by Crippen LogP contribution is -2.08. The molecule has 9 heteroatoms. The van der Waals surface area contributed by atoms with Crippen LogP contribution in [-0.2, 0) is 14.4 Å². The first-order valence-corrected chi connectivity index (χ1v) is 8.42. The molecule has 0 saturated carbocycles.